The predicted molar refractivity (Wildman–Crippen MR) is 78.2 cm³/mol. The van der Waals surface area contributed by atoms with Gasteiger partial charge in [0.2, 0.25) is 0 Å². The van der Waals surface area contributed by atoms with Gasteiger partial charge < -0.3 is 23.4 Å². The van der Waals surface area contributed by atoms with Crippen LogP contribution in [-0.2, 0) is 23.4 Å². The lowest BCUT2D eigenvalue weighted by Gasteiger charge is -2.27. The predicted octanol–water partition coefficient (Wildman–Crippen LogP) is 2.05. The van der Waals surface area contributed by atoms with Crippen LogP contribution in [0, 0.1) is 0 Å². The molecule has 0 N–H and O–H groups in total. The maximum atomic E-state index is 5.97. The summed E-state index contributed by atoms with van der Waals surface area (Å²) in [4.78, 5) is 0. The summed E-state index contributed by atoms with van der Waals surface area (Å²) in [6.07, 6.45) is -0.751. The van der Waals surface area contributed by atoms with Gasteiger partial charge in [-0.1, -0.05) is 0 Å². The molecule has 0 spiro atoms. The smallest absolute Gasteiger partial charge is 0.177 e. The monoisotopic (exact) mass is 304 g/mol. The second-order valence-corrected chi connectivity index (χ2v) is 9.59. The molecule has 2 aliphatic rings. The molecule has 0 unspecified atom stereocenters. The molecular formula is C14H28O5Si. The lowest BCUT2D eigenvalue weighted by Crippen LogP contribution is -2.35. The van der Waals surface area contributed by atoms with Crippen LogP contribution in [0.1, 0.15) is 34.6 Å². The van der Waals surface area contributed by atoms with Crippen LogP contribution in [0.3, 0.4) is 0 Å². The van der Waals surface area contributed by atoms with Gasteiger partial charge in [0.05, 0.1) is 12.2 Å². The van der Waals surface area contributed by atoms with E-state index in [1.165, 1.54) is 0 Å². The largest absolute Gasteiger partial charge is 0.394 e. The van der Waals surface area contributed by atoms with Gasteiger partial charge in [-0.3, -0.25) is 0 Å². The van der Waals surface area contributed by atoms with Crippen molar-refractivity contribution in [2.75, 3.05) is 6.61 Å². The van der Waals surface area contributed by atoms with E-state index in [9.17, 15) is 0 Å². The number of hydrogen-bond donors (Lipinski definition) is 0. The van der Waals surface area contributed by atoms with Crippen molar-refractivity contribution in [3.8, 4) is 0 Å². The van der Waals surface area contributed by atoms with E-state index in [0.29, 0.717) is 6.61 Å². The Bertz CT molecular complexity index is 339. The van der Waals surface area contributed by atoms with Crippen LogP contribution in [-0.4, -0.2) is 51.6 Å². The molecule has 2 rings (SSSR count). The molecule has 0 aromatic rings. The Morgan fingerprint density at radius 1 is 1.10 bits per heavy atom. The SMILES string of the molecule is C[SiH](C)O[C@@H]1O[C@H](COC(C)(C)C)[C@H]2OC(C)(C)O[C@@H]12. The molecule has 20 heavy (non-hydrogen) atoms. The standard InChI is InChI=1S/C14H28O5Si/c1-13(2,3)15-8-9-10-11(18-14(4,5)17-10)12(16-9)19-20(6)7/h9-12,20H,8H2,1-7H3/t9-,10-,11-,12+/m1/s1. The van der Waals surface area contributed by atoms with E-state index in [2.05, 4.69) is 13.1 Å². The molecule has 2 saturated heterocycles. The van der Waals surface area contributed by atoms with Gasteiger partial charge in [-0.05, 0) is 47.7 Å². The molecule has 6 heteroatoms. The molecule has 0 amide bonds. The van der Waals surface area contributed by atoms with Crippen molar-refractivity contribution < 1.29 is 23.4 Å². The summed E-state index contributed by atoms with van der Waals surface area (Å²) >= 11 is 0. The van der Waals surface area contributed by atoms with Gasteiger partial charge in [-0.15, -0.1) is 0 Å². The molecular weight excluding hydrogens is 276 g/mol. The fraction of sp³-hybridized carbons (Fsp3) is 1.00. The van der Waals surface area contributed by atoms with Crippen molar-refractivity contribution in [2.24, 2.45) is 0 Å². The van der Waals surface area contributed by atoms with Gasteiger partial charge in [0, 0.05) is 0 Å². The van der Waals surface area contributed by atoms with Crippen LogP contribution in [0.25, 0.3) is 0 Å². The minimum absolute atomic E-state index is 0.120. The Balaban J connectivity index is 2.03. The first-order valence-electron chi connectivity index (χ1n) is 7.38. The van der Waals surface area contributed by atoms with E-state index in [1.807, 2.05) is 34.6 Å². The lowest BCUT2D eigenvalue weighted by molar-refractivity contribution is -0.222. The Hall–Kier alpha value is 0.0169. The summed E-state index contributed by atoms with van der Waals surface area (Å²) in [7, 11) is -1.20. The van der Waals surface area contributed by atoms with E-state index >= 15 is 0 Å². The third-order valence-electron chi connectivity index (χ3n) is 3.19. The quantitative estimate of drug-likeness (QED) is 0.744. The van der Waals surface area contributed by atoms with Crippen LogP contribution in [0.2, 0.25) is 13.1 Å². The average molecular weight is 304 g/mol. The van der Waals surface area contributed by atoms with Crippen molar-refractivity contribution in [1.82, 2.24) is 0 Å². The second-order valence-electron chi connectivity index (χ2n) is 7.22. The van der Waals surface area contributed by atoms with Crippen LogP contribution >= 0.6 is 0 Å². The molecule has 118 valence electrons. The molecule has 0 bridgehead atoms. The zero-order chi connectivity index (χ0) is 15.1. The Morgan fingerprint density at radius 3 is 2.25 bits per heavy atom. The van der Waals surface area contributed by atoms with E-state index in [-0.39, 0.29) is 30.2 Å². The molecule has 2 aliphatic heterocycles. The number of ether oxygens (including phenoxy) is 4. The molecule has 5 nitrogen and oxygen atoms in total. The van der Waals surface area contributed by atoms with Crippen molar-refractivity contribution in [1.29, 1.82) is 0 Å². The molecule has 4 atom stereocenters. The minimum Gasteiger partial charge on any atom is -0.394 e. The van der Waals surface area contributed by atoms with E-state index in [4.69, 9.17) is 23.4 Å². The zero-order valence-corrected chi connectivity index (χ0v) is 14.8. The van der Waals surface area contributed by atoms with Gasteiger partial charge >= 0.3 is 0 Å². The fourth-order valence-corrected chi connectivity index (χ4v) is 3.24. The van der Waals surface area contributed by atoms with Crippen LogP contribution in [0.4, 0.5) is 0 Å². The van der Waals surface area contributed by atoms with Crippen molar-refractivity contribution in [2.45, 2.75) is 83.7 Å². The molecule has 0 aliphatic carbocycles. The van der Waals surface area contributed by atoms with E-state index in [1.54, 1.807) is 0 Å². The molecule has 2 fully saturated rings. The average Bonchev–Trinajstić information content (AvgIpc) is 2.69. The van der Waals surface area contributed by atoms with Crippen molar-refractivity contribution >= 4 is 9.04 Å². The van der Waals surface area contributed by atoms with Gasteiger partial charge in [-0.25, -0.2) is 0 Å². The first-order valence-corrected chi connectivity index (χ1v) is 10.2. The highest BCUT2D eigenvalue weighted by molar-refractivity contribution is 6.48. The highest BCUT2D eigenvalue weighted by Gasteiger charge is 2.56. The summed E-state index contributed by atoms with van der Waals surface area (Å²) in [5.41, 5.74) is -0.195. The van der Waals surface area contributed by atoms with Gasteiger partial charge in [-0.2, -0.15) is 0 Å². The molecule has 0 aromatic carbocycles. The third kappa shape index (κ3) is 4.02. The lowest BCUT2D eigenvalue weighted by atomic mass is 10.1. The van der Waals surface area contributed by atoms with Crippen LogP contribution in [0.15, 0.2) is 0 Å². The summed E-state index contributed by atoms with van der Waals surface area (Å²) in [6, 6.07) is 0. The van der Waals surface area contributed by atoms with Gasteiger partial charge in [0.1, 0.15) is 18.3 Å². The van der Waals surface area contributed by atoms with Gasteiger partial charge in [0.25, 0.3) is 0 Å². The highest BCUT2D eigenvalue weighted by atomic mass is 28.3. The first kappa shape index (κ1) is 16.4. The molecule has 0 aromatic heterocycles. The zero-order valence-electron chi connectivity index (χ0n) is 13.6. The topological polar surface area (TPSA) is 46.2 Å². The Kier molecular flexibility index (Phi) is 4.64. The summed E-state index contributed by atoms with van der Waals surface area (Å²) in [5.74, 6) is -0.584. The van der Waals surface area contributed by atoms with Crippen LogP contribution in [0.5, 0.6) is 0 Å². The third-order valence-corrected chi connectivity index (χ3v) is 4.01. The molecule has 0 radical (unpaired) electrons. The Morgan fingerprint density at radius 2 is 1.70 bits per heavy atom. The Labute approximate surface area is 123 Å². The maximum Gasteiger partial charge on any atom is 0.177 e. The summed E-state index contributed by atoms with van der Waals surface area (Å²) < 4.78 is 29.7. The number of fused-ring (bicyclic) bond motifs is 1. The summed E-state index contributed by atoms with van der Waals surface area (Å²) in [6.45, 7) is 14.7. The normalized spacial score (nSPS) is 36.6. The summed E-state index contributed by atoms with van der Waals surface area (Å²) in [5, 5.41) is 0. The number of rotatable bonds is 4. The van der Waals surface area contributed by atoms with Crippen molar-refractivity contribution in [3.63, 3.8) is 0 Å². The van der Waals surface area contributed by atoms with E-state index in [0.717, 1.165) is 0 Å². The van der Waals surface area contributed by atoms with Crippen molar-refractivity contribution in [3.05, 3.63) is 0 Å². The van der Waals surface area contributed by atoms with E-state index < -0.39 is 14.8 Å². The maximum absolute atomic E-state index is 5.97. The van der Waals surface area contributed by atoms with Crippen LogP contribution < -0.4 is 0 Å². The highest BCUT2D eigenvalue weighted by Crippen LogP contribution is 2.39. The minimum atomic E-state index is -1.20. The molecule has 0 saturated carbocycles. The first-order chi connectivity index (χ1) is 9.07. The van der Waals surface area contributed by atoms with Gasteiger partial charge in [0.15, 0.2) is 21.1 Å². The number of hydrogen-bond acceptors (Lipinski definition) is 5. The second kappa shape index (κ2) is 5.66. The fourth-order valence-electron chi connectivity index (χ4n) is 2.49. The molecule has 2 heterocycles.